The lowest BCUT2D eigenvalue weighted by Crippen LogP contribution is -2.11. The van der Waals surface area contributed by atoms with E-state index >= 15 is 0 Å². The fourth-order valence-corrected chi connectivity index (χ4v) is 2.80. The zero-order valence-electron chi connectivity index (χ0n) is 14.9. The van der Waals surface area contributed by atoms with Crippen molar-refractivity contribution < 1.29 is 14.9 Å². The second-order valence-electron chi connectivity index (χ2n) is 6.00. The van der Waals surface area contributed by atoms with Crippen LogP contribution in [0.5, 0.6) is 5.75 Å². The van der Waals surface area contributed by atoms with Crippen LogP contribution < -0.4 is 5.56 Å². The predicted octanol–water partition coefficient (Wildman–Crippen LogP) is 2.11. The number of nitrogens with zero attached hydrogens (tertiary/aromatic N) is 3. The van der Waals surface area contributed by atoms with E-state index in [9.17, 15) is 15.0 Å². The third-order valence-corrected chi connectivity index (χ3v) is 4.14. The van der Waals surface area contributed by atoms with E-state index in [2.05, 4.69) is 24.9 Å². The molecule has 3 aromatic heterocycles. The van der Waals surface area contributed by atoms with Crippen LogP contribution in [0.3, 0.4) is 0 Å². The third kappa shape index (κ3) is 3.24. The highest BCUT2D eigenvalue weighted by Gasteiger charge is 2.18. The summed E-state index contributed by atoms with van der Waals surface area (Å²) in [5.41, 5.74) is 1.52. The van der Waals surface area contributed by atoms with E-state index in [1.54, 1.807) is 49.5 Å². The summed E-state index contributed by atoms with van der Waals surface area (Å²) in [6.45, 7) is 2.16. The average molecular weight is 379 g/mol. The first-order chi connectivity index (χ1) is 13.6. The molecule has 9 nitrogen and oxygen atoms in total. The van der Waals surface area contributed by atoms with Gasteiger partial charge in [-0.25, -0.2) is 9.97 Å². The molecule has 0 aliphatic heterocycles. The molecule has 1 unspecified atom stereocenters. The molecular weight excluding hydrogens is 362 g/mol. The van der Waals surface area contributed by atoms with Crippen molar-refractivity contribution in [3.63, 3.8) is 0 Å². The SMILES string of the molecule is CCOC(O)c1ccc2nc(-c3nc(-c4ccccn4)[nH]c(=O)c3O)[nH]c2c1. The molecule has 0 saturated carbocycles. The number of aliphatic hydroxyl groups is 1. The smallest absolute Gasteiger partial charge is 0.294 e. The van der Waals surface area contributed by atoms with Crippen molar-refractivity contribution in [1.29, 1.82) is 0 Å². The van der Waals surface area contributed by atoms with Gasteiger partial charge in [-0.2, -0.15) is 0 Å². The molecule has 0 saturated heterocycles. The topological polar surface area (TPSA) is 137 Å². The summed E-state index contributed by atoms with van der Waals surface area (Å²) in [4.78, 5) is 30.6. The van der Waals surface area contributed by atoms with Gasteiger partial charge in [0.05, 0.1) is 11.0 Å². The van der Waals surface area contributed by atoms with Crippen molar-refractivity contribution in [3.05, 3.63) is 58.5 Å². The van der Waals surface area contributed by atoms with Gasteiger partial charge in [0.1, 0.15) is 5.69 Å². The van der Waals surface area contributed by atoms with Gasteiger partial charge in [0, 0.05) is 18.4 Å². The Balaban J connectivity index is 1.81. The highest BCUT2D eigenvalue weighted by atomic mass is 16.6. The van der Waals surface area contributed by atoms with Gasteiger partial charge in [-0.05, 0) is 31.2 Å². The first-order valence-corrected chi connectivity index (χ1v) is 8.61. The van der Waals surface area contributed by atoms with Crippen LogP contribution in [0, 0.1) is 0 Å². The summed E-state index contributed by atoms with van der Waals surface area (Å²) in [5, 5.41) is 20.2. The summed E-state index contributed by atoms with van der Waals surface area (Å²) in [5.74, 6) is -0.113. The minimum absolute atomic E-state index is 0.00695. The quantitative estimate of drug-likeness (QED) is 0.390. The van der Waals surface area contributed by atoms with Gasteiger partial charge in [-0.15, -0.1) is 0 Å². The summed E-state index contributed by atoms with van der Waals surface area (Å²) in [6, 6.07) is 10.3. The predicted molar refractivity (Wildman–Crippen MR) is 101 cm³/mol. The van der Waals surface area contributed by atoms with Crippen LogP contribution in [0.25, 0.3) is 34.1 Å². The molecule has 4 N–H and O–H groups in total. The molecule has 1 atom stereocenters. The number of ether oxygens (including phenoxy) is 1. The molecule has 0 fully saturated rings. The molecule has 0 aliphatic carbocycles. The van der Waals surface area contributed by atoms with Crippen LogP contribution in [0.15, 0.2) is 47.4 Å². The number of benzene rings is 1. The lowest BCUT2D eigenvalue weighted by atomic mass is 10.2. The van der Waals surface area contributed by atoms with E-state index in [4.69, 9.17) is 4.74 Å². The zero-order valence-corrected chi connectivity index (χ0v) is 14.9. The van der Waals surface area contributed by atoms with Gasteiger partial charge < -0.3 is 24.9 Å². The lowest BCUT2D eigenvalue weighted by Gasteiger charge is -2.10. The van der Waals surface area contributed by atoms with Crippen molar-refractivity contribution in [2.75, 3.05) is 6.61 Å². The van der Waals surface area contributed by atoms with Crippen molar-refractivity contribution in [1.82, 2.24) is 24.9 Å². The van der Waals surface area contributed by atoms with E-state index in [-0.39, 0.29) is 17.3 Å². The Hall–Kier alpha value is -3.56. The minimum atomic E-state index is -1.05. The summed E-state index contributed by atoms with van der Waals surface area (Å²) < 4.78 is 5.18. The summed E-state index contributed by atoms with van der Waals surface area (Å²) >= 11 is 0. The van der Waals surface area contributed by atoms with Crippen molar-refractivity contribution in [2.24, 2.45) is 0 Å². The molecule has 0 spiro atoms. The Bertz CT molecular complexity index is 1190. The van der Waals surface area contributed by atoms with Gasteiger partial charge >= 0.3 is 0 Å². The van der Waals surface area contributed by atoms with Gasteiger partial charge in [-0.3, -0.25) is 9.78 Å². The van der Waals surface area contributed by atoms with E-state index in [0.717, 1.165) is 0 Å². The number of pyridine rings is 1. The largest absolute Gasteiger partial charge is 0.501 e. The summed E-state index contributed by atoms with van der Waals surface area (Å²) in [6.07, 6.45) is 0.525. The molecule has 1 aromatic carbocycles. The molecule has 0 amide bonds. The highest BCUT2D eigenvalue weighted by Crippen LogP contribution is 2.27. The number of aromatic nitrogens is 5. The van der Waals surface area contributed by atoms with Crippen LogP contribution >= 0.6 is 0 Å². The summed E-state index contributed by atoms with van der Waals surface area (Å²) in [7, 11) is 0. The number of imidazole rings is 1. The van der Waals surface area contributed by atoms with Crippen molar-refractivity contribution in [2.45, 2.75) is 13.2 Å². The normalized spacial score (nSPS) is 12.4. The number of fused-ring (bicyclic) bond motifs is 1. The Morgan fingerprint density at radius 1 is 1.14 bits per heavy atom. The molecule has 0 bridgehead atoms. The third-order valence-electron chi connectivity index (χ3n) is 4.14. The standard InChI is InChI=1S/C19H17N5O4/c1-2-28-19(27)10-6-7-11-13(9-10)22-17(21-11)14-15(25)18(26)24-16(23-14)12-5-3-4-8-20-12/h3-9,19,25,27H,2H2,1H3,(H,21,22)(H,23,24,26). The maximum absolute atomic E-state index is 12.2. The fraction of sp³-hybridized carbons (Fsp3) is 0.158. The first kappa shape index (κ1) is 17.8. The number of H-pyrrole nitrogens is 2. The molecule has 0 aliphatic rings. The Morgan fingerprint density at radius 2 is 2.00 bits per heavy atom. The average Bonchev–Trinajstić information content (AvgIpc) is 3.13. The molecular formula is C19H17N5O4. The van der Waals surface area contributed by atoms with E-state index in [1.165, 1.54) is 0 Å². The molecule has 3 heterocycles. The van der Waals surface area contributed by atoms with E-state index in [1.807, 2.05) is 0 Å². The molecule has 9 heteroatoms. The zero-order chi connectivity index (χ0) is 19.7. The number of aromatic hydroxyl groups is 1. The first-order valence-electron chi connectivity index (χ1n) is 8.61. The van der Waals surface area contributed by atoms with Gasteiger partial charge in [0.2, 0.25) is 5.75 Å². The number of aliphatic hydroxyl groups excluding tert-OH is 1. The Kier molecular flexibility index (Phi) is 4.60. The Labute approximate surface area is 158 Å². The maximum Gasteiger partial charge on any atom is 0.294 e. The molecule has 28 heavy (non-hydrogen) atoms. The van der Waals surface area contributed by atoms with Gasteiger partial charge in [-0.1, -0.05) is 12.1 Å². The number of rotatable bonds is 5. The second kappa shape index (κ2) is 7.22. The number of hydrogen-bond acceptors (Lipinski definition) is 7. The second-order valence-corrected chi connectivity index (χ2v) is 6.00. The van der Waals surface area contributed by atoms with Gasteiger partial charge in [0.15, 0.2) is 23.6 Å². The molecule has 4 rings (SSSR count). The minimum Gasteiger partial charge on any atom is -0.501 e. The number of aromatic amines is 2. The van der Waals surface area contributed by atoms with E-state index in [0.29, 0.717) is 28.9 Å². The van der Waals surface area contributed by atoms with Crippen molar-refractivity contribution in [3.8, 4) is 28.8 Å². The monoisotopic (exact) mass is 379 g/mol. The maximum atomic E-state index is 12.2. The molecule has 0 radical (unpaired) electrons. The van der Waals surface area contributed by atoms with Crippen molar-refractivity contribution >= 4 is 11.0 Å². The number of nitrogens with one attached hydrogen (secondary N) is 2. The molecule has 4 aromatic rings. The lowest BCUT2D eigenvalue weighted by molar-refractivity contribution is -0.0979. The fourth-order valence-electron chi connectivity index (χ4n) is 2.80. The Morgan fingerprint density at radius 3 is 2.75 bits per heavy atom. The van der Waals surface area contributed by atoms with Crippen LogP contribution in [-0.2, 0) is 4.74 Å². The van der Waals surface area contributed by atoms with E-state index < -0.39 is 17.6 Å². The number of hydrogen-bond donors (Lipinski definition) is 4. The van der Waals surface area contributed by atoms with Crippen LogP contribution in [0.4, 0.5) is 0 Å². The van der Waals surface area contributed by atoms with Gasteiger partial charge in [0.25, 0.3) is 5.56 Å². The highest BCUT2D eigenvalue weighted by molar-refractivity contribution is 5.80. The van der Waals surface area contributed by atoms with Crippen LogP contribution in [0.2, 0.25) is 0 Å². The van der Waals surface area contributed by atoms with Crippen LogP contribution in [-0.4, -0.2) is 41.7 Å². The molecule has 142 valence electrons. The van der Waals surface area contributed by atoms with Crippen LogP contribution in [0.1, 0.15) is 18.8 Å².